The zero-order valence-corrected chi connectivity index (χ0v) is 24.6. The van der Waals surface area contributed by atoms with Gasteiger partial charge in [0.2, 0.25) is 0 Å². The lowest BCUT2D eigenvalue weighted by atomic mass is 9.52. The normalized spacial score (nSPS) is 29.8. The second kappa shape index (κ2) is 10.7. The molecule has 224 valence electrons. The molecule has 0 radical (unpaired) electrons. The van der Waals surface area contributed by atoms with E-state index in [1.807, 2.05) is 23.1 Å². The van der Waals surface area contributed by atoms with Crippen LogP contribution in [0.1, 0.15) is 44.9 Å². The summed E-state index contributed by atoms with van der Waals surface area (Å²) in [6, 6.07) is 21.1. The fourth-order valence-corrected chi connectivity index (χ4v) is 8.96. The Morgan fingerprint density at radius 2 is 1.51 bits per heavy atom. The van der Waals surface area contributed by atoms with Gasteiger partial charge in [-0.1, -0.05) is 12.1 Å². The molecule has 2 N–H and O–H groups in total. The molecular weight excluding hydrogens is 538 g/mol. The molecule has 0 spiro atoms. The molecule has 9 rings (SSSR count). The van der Waals surface area contributed by atoms with Crippen LogP contribution in [0, 0.1) is 17.8 Å². The SMILES string of the molecule is O=C(NC1C2CC3CC1CC(O)(C3)C2)N1CCN(c2ccc(N3CCC(Oc4ccncc4)CC3)cc2)c2ccccc21. The number of amides is 2. The molecule has 3 aromatic rings. The molecule has 6 aliphatic rings. The number of para-hydroxylation sites is 2. The van der Waals surface area contributed by atoms with Crippen molar-refractivity contribution in [1.29, 1.82) is 0 Å². The van der Waals surface area contributed by atoms with Crippen molar-refractivity contribution in [2.45, 2.75) is 62.7 Å². The predicted octanol–water partition coefficient (Wildman–Crippen LogP) is 5.74. The van der Waals surface area contributed by atoms with Gasteiger partial charge in [-0.2, -0.15) is 0 Å². The number of fused-ring (bicyclic) bond motifs is 1. The number of aliphatic hydroxyl groups is 1. The molecule has 4 aliphatic carbocycles. The first-order chi connectivity index (χ1) is 21.0. The van der Waals surface area contributed by atoms with Gasteiger partial charge in [0.05, 0.1) is 17.0 Å². The maximum Gasteiger partial charge on any atom is 0.322 e. The van der Waals surface area contributed by atoms with E-state index in [9.17, 15) is 9.90 Å². The molecule has 5 fully saturated rings. The molecular formula is C35H41N5O3. The third kappa shape index (κ3) is 5.09. The number of benzene rings is 2. The van der Waals surface area contributed by atoms with Crippen molar-refractivity contribution in [3.8, 4) is 5.75 Å². The van der Waals surface area contributed by atoms with Crippen LogP contribution in [0.5, 0.6) is 5.75 Å². The highest BCUT2D eigenvalue weighted by Gasteiger charge is 2.55. The van der Waals surface area contributed by atoms with Crippen LogP contribution in [0.2, 0.25) is 0 Å². The molecule has 8 heteroatoms. The topological polar surface area (TPSA) is 81.2 Å². The van der Waals surface area contributed by atoms with Gasteiger partial charge >= 0.3 is 6.03 Å². The van der Waals surface area contributed by atoms with Crippen molar-refractivity contribution in [2.75, 3.05) is 40.9 Å². The lowest BCUT2D eigenvalue weighted by Gasteiger charge is -2.58. The molecule has 3 heterocycles. The number of carbonyl (C=O) groups is 1. The Labute approximate surface area is 253 Å². The maximum atomic E-state index is 13.7. The van der Waals surface area contributed by atoms with Crippen LogP contribution in [-0.4, -0.2) is 60.0 Å². The second-order valence-electron chi connectivity index (χ2n) is 13.5. The molecule has 2 aliphatic heterocycles. The van der Waals surface area contributed by atoms with Crippen molar-refractivity contribution >= 4 is 28.8 Å². The van der Waals surface area contributed by atoms with E-state index in [0.717, 1.165) is 87.4 Å². The van der Waals surface area contributed by atoms with E-state index in [2.05, 4.69) is 62.6 Å². The molecule has 2 aromatic carbocycles. The molecule has 2 unspecified atom stereocenters. The summed E-state index contributed by atoms with van der Waals surface area (Å²) in [6.45, 7) is 3.30. The minimum absolute atomic E-state index is 0.00299. The van der Waals surface area contributed by atoms with E-state index in [0.29, 0.717) is 24.3 Å². The van der Waals surface area contributed by atoms with E-state index >= 15 is 0 Å². The van der Waals surface area contributed by atoms with Gasteiger partial charge < -0.3 is 25.0 Å². The molecule has 2 amide bonds. The van der Waals surface area contributed by atoms with Gasteiger partial charge in [0.1, 0.15) is 11.9 Å². The van der Waals surface area contributed by atoms with Crippen molar-refractivity contribution < 1.29 is 14.6 Å². The Morgan fingerprint density at radius 1 is 0.837 bits per heavy atom. The molecule has 1 saturated heterocycles. The number of nitrogens with zero attached hydrogens (tertiary/aromatic N) is 4. The average molecular weight is 580 g/mol. The fourth-order valence-electron chi connectivity index (χ4n) is 8.96. The zero-order valence-electron chi connectivity index (χ0n) is 24.6. The molecule has 43 heavy (non-hydrogen) atoms. The number of nitrogens with one attached hydrogen (secondary N) is 1. The van der Waals surface area contributed by atoms with E-state index < -0.39 is 5.60 Å². The maximum absolute atomic E-state index is 13.7. The van der Waals surface area contributed by atoms with Gasteiger partial charge in [-0.15, -0.1) is 0 Å². The molecule has 1 aromatic heterocycles. The fraction of sp³-hybridized carbons (Fsp3) is 0.486. The van der Waals surface area contributed by atoms with Crippen molar-refractivity contribution in [2.24, 2.45) is 17.8 Å². The van der Waals surface area contributed by atoms with Crippen LogP contribution in [0.3, 0.4) is 0 Å². The Morgan fingerprint density at radius 3 is 2.21 bits per heavy atom. The van der Waals surface area contributed by atoms with Crippen LogP contribution >= 0.6 is 0 Å². The smallest absolute Gasteiger partial charge is 0.322 e. The highest BCUT2D eigenvalue weighted by molar-refractivity contribution is 5.98. The third-order valence-corrected chi connectivity index (χ3v) is 10.7. The number of anilines is 4. The summed E-state index contributed by atoms with van der Waals surface area (Å²) in [4.78, 5) is 24.5. The summed E-state index contributed by atoms with van der Waals surface area (Å²) >= 11 is 0. The van der Waals surface area contributed by atoms with Gasteiger partial charge in [0.15, 0.2) is 0 Å². The van der Waals surface area contributed by atoms with Crippen molar-refractivity contribution in [3.05, 3.63) is 73.1 Å². The number of carbonyl (C=O) groups excluding carboxylic acids is 1. The summed E-state index contributed by atoms with van der Waals surface area (Å²) in [6.07, 6.45) is 10.7. The highest BCUT2D eigenvalue weighted by Crippen LogP contribution is 2.55. The third-order valence-electron chi connectivity index (χ3n) is 10.7. The van der Waals surface area contributed by atoms with E-state index in [1.54, 1.807) is 12.4 Å². The summed E-state index contributed by atoms with van der Waals surface area (Å²) in [5, 5.41) is 14.4. The lowest BCUT2D eigenvalue weighted by molar-refractivity contribution is -0.136. The number of piperidine rings is 1. The van der Waals surface area contributed by atoms with Gasteiger partial charge in [-0.05, 0) is 98.4 Å². The van der Waals surface area contributed by atoms with Crippen LogP contribution in [0.25, 0.3) is 0 Å². The quantitative estimate of drug-likeness (QED) is 0.402. The van der Waals surface area contributed by atoms with Gasteiger partial charge in [-0.3, -0.25) is 9.88 Å². The van der Waals surface area contributed by atoms with Crippen LogP contribution in [0.15, 0.2) is 73.1 Å². The average Bonchev–Trinajstić information content (AvgIpc) is 3.02. The molecule has 8 nitrogen and oxygen atoms in total. The number of ether oxygens (including phenoxy) is 1. The van der Waals surface area contributed by atoms with Gasteiger partial charge in [0, 0.05) is 68.8 Å². The Bertz CT molecular complexity index is 1440. The largest absolute Gasteiger partial charge is 0.490 e. The Kier molecular flexibility index (Phi) is 6.70. The van der Waals surface area contributed by atoms with Crippen LogP contribution < -0.4 is 24.8 Å². The van der Waals surface area contributed by atoms with Gasteiger partial charge in [0.25, 0.3) is 0 Å². The standard InChI is InChI=1S/C35H41N5O3/c41-34(37-33-25-19-24-20-26(33)23-35(42,21-24)22-25)40-18-17-39(31-3-1-2-4-32(31)40)28-7-5-27(6-8-28)38-15-11-30(12-16-38)43-29-9-13-36-14-10-29/h1-10,13-14,24-26,30,33,42H,11-12,15-23H2,(H,37,41). The zero-order chi connectivity index (χ0) is 29.0. The number of urea groups is 1. The first-order valence-corrected chi connectivity index (χ1v) is 16.1. The lowest BCUT2D eigenvalue weighted by Crippen LogP contribution is -2.63. The molecule has 4 saturated carbocycles. The number of hydrogen-bond donors (Lipinski definition) is 2. The Balaban J connectivity index is 0.926. The molecule has 2 atom stereocenters. The van der Waals surface area contributed by atoms with Crippen LogP contribution in [-0.2, 0) is 0 Å². The Hall–Kier alpha value is -3.78. The van der Waals surface area contributed by atoms with Crippen LogP contribution in [0.4, 0.5) is 27.5 Å². The minimum Gasteiger partial charge on any atom is -0.490 e. The monoisotopic (exact) mass is 579 g/mol. The number of rotatable bonds is 5. The van der Waals surface area contributed by atoms with Crippen molar-refractivity contribution in [3.63, 3.8) is 0 Å². The van der Waals surface area contributed by atoms with E-state index in [-0.39, 0.29) is 18.2 Å². The summed E-state index contributed by atoms with van der Waals surface area (Å²) in [7, 11) is 0. The molecule has 4 bridgehead atoms. The van der Waals surface area contributed by atoms with E-state index in [1.165, 1.54) is 5.69 Å². The predicted molar refractivity (Wildman–Crippen MR) is 168 cm³/mol. The summed E-state index contributed by atoms with van der Waals surface area (Å²) in [5.74, 6) is 2.32. The summed E-state index contributed by atoms with van der Waals surface area (Å²) < 4.78 is 6.15. The minimum atomic E-state index is -0.489. The number of hydrogen-bond acceptors (Lipinski definition) is 6. The second-order valence-corrected chi connectivity index (χ2v) is 13.5. The van der Waals surface area contributed by atoms with E-state index in [4.69, 9.17) is 4.74 Å². The first-order valence-electron chi connectivity index (χ1n) is 16.1. The number of aromatic nitrogens is 1. The van der Waals surface area contributed by atoms with Gasteiger partial charge in [-0.25, -0.2) is 4.79 Å². The first kappa shape index (κ1) is 26.8. The number of pyridine rings is 1. The summed E-state index contributed by atoms with van der Waals surface area (Å²) in [5.41, 5.74) is 3.90. The highest BCUT2D eigenvalue weighted by atomic mass is 16.5. The van der Waals surface area contributed by atoms with Crippen molar-refractivity contribution in [1.82, 2.24) is 10.3 Å².